The second-order valence-corrected chi connectivity index (χ2v) is 15.4. The Hall–Kier alpha value is -2.58. The van der Waals surface area contributed by atoms with Crippen molar-refractivity contribution < 1.29 is 9.53 Å². The zero-order chi connectivity index (χ0) is 37.7. The molecule has 0 fully saturated rings. The van der Waals surface area contributed by atoms with Gasteiger partial charge >= 0.3 is 5.97 Å². The van der Waals surface area contributed by atoms with Crippen LogP contribution in [0.2, 0.25) is 0 Å². The fourth-order valence-corrected chi connectivity index (χ4v) is 5.65. The fraction of sp³-hybridized carbons (Fsp3) is 0.596. The van der Waals surface area contributed by atoms with Crippen molar-refractivity contribution in [3.8, 4) is 0 Å². The summed E-state index contributed by atoms with van der Waals surface area (Å²) in [5.74, 6) is -0.226. The van der Waals surface area contributed by atoms with Crippen LogP contribution in [-0.4, -0.2) is 18.0 Å². The Morgan fingerprint density at radius 2 is 0.700 bits per heavy atom. The number of hydrogen-bond donors (Lipinski definition) is 0. The lowest BCUT2D eigenvalue weighted by Gasteiger charge is -2.08. The molecule has 3 heteroatoms. The van der Waals surface area contributed by atoms with Gasteiger partial charge in [0.2, 0.25) is 0 Å². The summed E-state index contributed by atoms with van der Waals surface area (Å²) in [4.78, 5) is 10.9. The van der Waals surface area contributed by atoms with Gasteiger partial charge in [-0.1, -0.05) is 99.3 Å². The number of rotatable bonds is 27. The van der Waals surface area contributed by atoms with Gasteiger partial charge in [0, 0.05) is 6.92 Å². The smallest absolute Gasteiger partial charge is 0.302 e. The Morgan fingerprint density at radius 1 is 0.460 bits per heavy atom. The number of ether oxygens (including phenoxy) is 1. The number of carbonyl (C=O) groups excluding carboxylic acids is 1. The normalized spacial score (nSPS) is 15.1. The Labute approximate surface area is 315 Å². The first-order chi connectivity index (χ1) is 23.7. The summed E-state index contributed by atoms with van der Waals surface area (Å²) in [6.45, 7) is 25.7. The molecular formula is C47H75ClO2. The third kappa shape index (κ3) is 30.3. The second kappa shape index (κ2) is 30.1. The Kier molecular flexibility index (Phi) is 28.5. The Morgan fingerprint density at radius 3 is 0.940 bits per heavy atom. The van der Waals surface area contributed by atoms with Gasteiger partial charge in [-0.25, -0.2) is 0 Å². The highest BCUT2D eigenvalue weighted by Crippen LogP contribution is 2.19. The highest BCUT2D eigenvalue weighted by molar-refractivity contribution is 6.22. The molecule has 1 atom stereocenters. The average Bonchev–Trinajstić information content (AvgIpc) is 3.03. The molecule has 0 aliphatic carbocycles. The van der Waals surface area contributed by atoms with E-state index in [-0.39, 0.29) is 11.3 Å². The van der Waals surface area contributed by atoms with Gasteiger partial charge in [-0.2, -0.15) is 0 Å². The van der Waals surface area contributed by atoms with Gasteiger partial charge in [0.1, 0.15) is 6.61 Å². The summed E-state index contributed by atoms with van der Waals surface area (Å²) in [5, 5.41) is 0.0921. The first-order valence-corrected chi connectivity index (χ1v) is 19.8. The number of esters is 1. The predicted octanol–water partition coefficient (Wildman–Crippen LogP) is 15.5. The molecule has 0 aromatic heterocycles. The van der Waals surface area contributed by atoms with Crippen molar-refractivity contribution >= 4 is 17.6 Å². The summed E-state index contributed by atoms with van der Waals surface area (Å²) in [7, 11) is 0. The zero-order valence-corrected chi connectivity index (χ0v) is 34.9. The molecule has 1 unspecified atom stereocenters. The van der Waals surface area contributed by atoms with E-state index in [2.05, 4.69) is 105 Å². The molecule has 50 heavy (non-hydrogen) atoms. The van der Waals surface area contributed by atoms with Crippen LogP contribution in [0.15, 0.2) is 105 Å². The molecular weight excluding hydrogens is 632 g/mol. The second-order valence-electron chi connectivity index (χ2n) is 14.8. The molecule has 0 aromatic carbocycles. The highest BCUT2D eigenvalue weighted by Gasteiger charge is 2.04. The third-order valence-corrected chi connectivity index (χ3v) is 9.86. The lowest BCUT2D eigenvalue weighted by atomic mass is 10.0. The quantitative estimate of drug-likeness (QED) is 0.0483. The molecule has 282 valence electrons. The average molecular weight is 708 g/mol. The first-order valence-electron chi connectivity index (χ1n) is 19.4. The molecule has 0 amide bonds. The van der Waals surface area contributed by atoms with E-state index in [0.717, 1.165) is 108 Å². The van der Waals surface area contributed by atoms with Crippen molar-refractivity contribution in [2.75, 3.05) is 6.61 Å². The molecule has 0 saturated heterocycles. The highest BCUT2D eigenvalue weighted by atomic mass is 35.5. The van der Waals surface area contributed by atoms with Gasteiger partial charge in [-0.15, -0.1) is 11.6 Å². The lowest BCUT2D eigenvalue weighted by molar-refractivity contribution is -0.139. The minimum absolute atomic E-state index is 0.0921. The number of hydrogen-bond acceptors (Lipinski definition) is 2. The van der Waals surface area contributed by atoms with E-state index in [4.69, 9.17) is 16.3 Å². The predicted molar refractivity (Wildman–Crippen MR) is 225 cm³/mol. The molecule has 0 heterocycles. The molecule has 0 aromatic rings. The number of carbonyl (C=O) groups is 1. The van der Waals surface area contributed by atoms with Gasteiger partial charge in [-0.05, 0) is 171 Å². The Bertz CT molecular complexity index is 1240. The maximum Gasteiger partial charge on any atom is 0.302 e. The van der Waals surface area contributed by atoms with Crippen molar-refractivity contribution in [3.05, 3.63) is 105 Å². The Balaban J connectivity index is 4.24. The van der Waals surface area contributed by atoms with E-state index in [1.165, 1.54) is 51.5 Å². The van der Waals surface area contributed by atoms with Crippen molar-refractivity contribution in [1.29, 1.82) is 0 Å². The van der Waals surface area contributed by atoms with Crippen LogP contribution in [-0.2, 0) is 9.53 Å². The van der Waals surface area contributed by atoms with E-state index in [9.17, 15) is 4.79 Å². The van der Waals surface area contributed by atoms with Crippen molar-refractivity contribution in [2.45, 2.75) is 177 Å². The van der Waals surface area contributed by atoms with Crippen LogP contribution >= 0.6 is 11.6 Å². The standard InChI is InChI=1S/C47H75ClO2/c1-37(2)47(48)34-33-44(9)31-17-29-42(7)27-15-25-40(5)23-13-21-38(3)19-12-20-39(4)22-14-24-41(6)26-16-28-43(8)30-18-32-45(10)35-36-50-46(11)49/h19,22-23,26-27,30-31,35,47H,1,12-18,20-21,24-25,28-29,32-34,36H2,2-11H3/b38-19+,39-22+,40-23+,41-26+,42-27+,43-30+,44-31+,45-35+. The molecule has 0 spiro atoms. The minimum atomic E-state index is -0.226. The van der Waals surface area contributed by atoms with Crippen molar-refractivity contribution in [3.63, 3.8) is 0 Å². The maximum absolute atomic E-state index is 10.9. The van der Waals surface area contributed by atoms with Gasteiger partial charge in [0.25, 0.3) is 0 Å². The molecule has 0 N–H and O–H groups in total. The van der Waals surface area contributed by atoms with Gasteiger partial charge < -0.3 is 4.74 Å². The van der Waals surface area contributed by atoms with Crippen LogP contribution in [0.5, 0.6) is 0 Å². The summed E-state index contributed by atoms with van der Waals surface area (Å²) < 4.78 is 4.98. The van der Waals surface area contributed by atoms with E-state index in [1.807, 2.05) is 13.0 Å². The number of alkyl halides is 1. The fourth-order valence-electron chi connectivity index (χ4n) is 5.54. The molecule has 0 aliphatic rings. The van der Waals surface area contributed by atoms with Gasteiger partial charge in [-0.3, -0.25) is 4.79 Å². The van der Waals surface area contributed by atoms with Crippen LogP contribution in [0.4, 0.5) is 0 Å². The summed E-state index contributed by atoms with van der Waals surface area (Å²) in [6.07, 6.45) is 36.6. The summed E-state index contributed by atoms with van der Waals surface area (Å²) >= 11 is 6.31. The summed E-state index contributed by atoms with van der Waals surface area (Å²) in [6, 6.07) is 0. The molecule has 0 saturated carbocycles. The van der Waals surface area contributed by atoms with Crippen LogP contribution in [0.25, 0.3) is 0 Å². The van der Waals surface area contributed by atoms with Crippen LogP contribution < -0.4 is 0 Å². The number of allylic oxidation sites excluding steroid dienone is 16. The first kappa shape index (κ1) is 47.4. The van der Waals surface area contributed by atoms with Crippen LogP contribution in [0.3, 0.4) is 0 Å². The maximum atomic E-state index is 10.9. The molecule has 0 aliphatic heterocycles. The van der Waals surface area contributed by atoms with Crippen LogP contribution in [0, 0.1) is 0 Å². The molecule has 2 nitrogen and oxygen atoms in total. The van der Waals surface area contributed by atoms with Crippen LogP contribution in [0.1, 0.15) is 172 Å². The SMILES string of the molecule is C=C(C)C(Cl)CC/C(C)=C/CC/C(C)=C/CC/C(C)=C/CC/C(C)=C/CC/C(C)=C/CC/C(C)=C/CC/C(C)=C/CC/C(C)=C/COC(C)=O. The molecule has 0 radical (unpaired) electrons. The largest absolute Gasteiger partial charge is 0.462 e. The van der Waals surface area contributed by atoms with Crippen molar-refractivity contribution in [2.24, 2.45) is 0 Å². The third-order valence-electron chi connectivity index (χ3n) is 9.27. The van der Waals surface area contributed by atoms with Gasteiger partial charge in [0.05, 0.1) is 5.38 Å². The van der Waals surface area contributed by atoms with E-state index in [0.29, 0.717) is 6.61 Å². The monoisotopic (exact) mass is 707 g/mol. The van der Waals surface area contributed by atoms with Gasteiger partial charge in [0.15, 0.2) is 0 Å². The van der Waals surface area contributed by atoms with E-state index >= 15 is 0 Å². The number of halogens is 1. The van der Waals surface area contributed by atoms with E-state index in [1.54, 1.807) is 0 Å². The zero-order valence-electron chi connectivity index (χ0n) is 34.1. The molecule has 0 rings (SSSR count). The van der Waals surface area contributed by atoms with E-state index < -0.39 is 0 Å². The minimum Gasteiger partial charge on any atom is -0.462 e. The summed E-state index contributed by atoms with van der Waals surface area (Å²) in [5.41, 5.74) is 12.7. The van der Waals surface area contributed by atoms with Crippen molar-refractivity contribution in [1.82, 2.24) is 0 Å². The topological polar surface area (TPSA) is 26.3 Å². The lowest BCUT2D eigenvalue weighted by Crippen LogP contribution is -1.99. The molecule has 0 bridgehead atoms.